The molecule has 0 saturated heterocycles. The minimum absolute atomic E-state index is 0.166. The second kappa shape index (κ2) is 4.36. The summed E-state index contributed by atoms with van der Waals surface area (Å²) in [5, 5.41) is 0. The van der Waals surface area contributed by atoms with Crippen molar-refractivity contribution >= 4 is 12.0 Å². The molecule has 0 aliphatic carbocycles. The van der Waals surface area contributed by atoms with Crippen LogP contribution in [0.2, 0.25) is 0 Å². The summed E-state index contributed by atoms with van der Waals surface area (Å²) in [6, 6.07) is 4.48. The third-order valence-corrected chi connectivity index (χ3v) is 1.70. The molecular formula is C9H10NO4+. The van der Waals surface area contributed by atoms with Gasteiger partial charge in [0.2, 0.25) is 5.75 Å². The predicted molar refractivity (Wildman–Crippen MR) is 48.7 cm³/mol. The van der Waals surface area contributed by atoms with Crippen molar-refractivity contribution in [2.75, 3.05) is 14.2 Å². The van der Waals surface area contributed by atoms with Crippen molar-refractivity contribution in [3.8, 4) is 5.75 Å². The maximum Gasteiger partial charge on any atom is 0.358 e. The lowest BCUT2D eigenvalue weighted by Crippen LogP contribution is -2.01. The molecule has 0 amide bonds. The standard InChI is InChI=1S/C9H10NO4/c1-13-9-4-3-7(6-11)5-8(9)10(12)14-2/h3-6H,1-2H3/q+1. The summed E-state index contributed by atoms with van der Waals surface area (Å²) in [5.41, 5.74) is 0.554. The van der Waals surface area contributed by atoms with Crippen LogP contribution in [-0.2, 0) is 4.84 Å². The van der Waals surface area contributed by atoms with Gasteiger partial charge in [0.15, 0.2) is 7.11 Å². The average molecular weight is 196 g/mol. The number of nitrogens with zero attached hydrogens (tertiary/aromatic N) is 1. The Morgan fingerprint density at radius 3 is 2.57 bits per heavy atom. The van der Waals surface area contributed by atoms with Crippen LogP contribution in [-0.4, -0.2) is 25.4 Å². The molecule has 0 bridgehead atoms. The summed E-state index contributed by atoms with van der Waals surface area (Å²) in [4.78, 5) is 26.4. The van der Waals surface area contributed by atoms with Gasteiger partial charge < -0.3 is 4.74 Å². The lowest BCUT2D eigenvalue weighted by molar-refractivity contribution is -0.736. The molecule has 0 radical (unpaired) electrons. The molecule has 0 heterocycles. The largest absolute Gasteiger partial charge is 0.490 e. The highest BCUT2D eigenvalue weighted by molar-refractivity contribution is 5.77. The van der Waals surface area contributed by atoms with Crippen LogP contribution >= 0.6 is 0 Å². The third kappa shape index (κ3) is 1.87. The molecule has 14 heavy (non-hydrogen) atoms. The Hall–Kier alpha value is -1.91. The van der Waals surface area contributed by atoms with Crippen molar-refractivity contribution in [2.24, 2.45) is 0 Å². The summed E-state index contributed by atoms with van der Waals surface area (Å²) in [6.07, 6.45) is 0.645. The topological polar surface area (TPSA) is 55.6 Å². The summed E-state index contributed by atoms with van der Waals surface area (Å²) in [7, 11) is 2.67. The zero-order valence-electron chi connectivity index (χ0n) is 7.89. The molecule has 1 rings (SSSR count). The Bertz CT molecular complexity index is 362. The van der Waals surface area contributed by atoms with E-state index in [1.165, 1.54) is 26.4 Å². The number of benzene rings is 1. The molecule has 5 heteroatoms. The number of rotatable bonds is 4. The second-order valence-electron chi connectivity index (χ2n) is 2.49. The van der Waals surface area contributed by atoms with E-state index >= 15 is 0 Å². The highest BCUT2D eigenvalue weighted by atomic mass is 16.8. The van der Waals surface area contributed by atoms with Gasteiger partial charge in [0.25, 0.3) is 4.92 Å². The fraction of sp³-hybridized carbons (Fsp3) is 0.222. The van der Waals surface area contributed by atoms with E-state index < -0.39 is 0 Å². The van der Waals surface area contributed by atoms with Gasteiger partial charge in [0.1, 0.15) is 6.29 Å². The fourth-order valence-corrected chi connectivity index (χ4v) is 1.02. The van der Waals surface area contributed by atoms with Crippen LogP contribution in [0.3, 0.4) is 0 Å². The quantitative estimate of drug-likeness (QED) is 0.540. The van der Waals surface area contributed by atoms with Crippen LogP contribution in [0.4, 0.5) is 5.69 Å². The van der Waals surface area contributed by atoms with Gasteiger partial charge in [-0.15, -0.1) is 0 Å². The van der Waals surface area contributed by atoms with Gasteiger partial charge in [-0.1, -0.05) is 0 Å². The van der Waals surface area contributed by atoms with E-state index in [9.17, 15) is 9.70 Å². The van der Waals surface area contributed by atoms with E-state index in [1.807, 2.05) is 0 Å². The molecule has 0 fully saturated rings. The molecule has 0 spiro atoms. The number of hydrogen-bond acceptors (Lipinski definition) is 4. The van der Waals surface area contributed by atoms with Gasteiger partial charge in [-0.2, -0.15) is 0 Å². The van der Waals surface area contributed by atoms with Crippen molar-refractivity contribution in [3.05, 3.63) is 28.7 Å². The van der Waals surface area contributed by atoms with Crippen molar-refractivity contribution < 1.29 is 19.3 Å². The number of hydrogen-bond donors (Lipinski definition) is 0. The molecule has 0 N–H and O–H groups in total. The van der Waals surface area contributed by atoms with Crippen molar-refractivity contribution in [3.63, 3.8) is 0 Å². The first-order valence-corrected chi connectivity index (χ1v) is 3.87. The zero-order valence-corrected chi connectivity index (χ0v) is 7.89. The monoisotopic (exact) mass is 196 g/mol. The van der Waals surface area contributed by atoms with E-state index in [0.717, 1.165) is 0 Å². The minimum atomic E-state index is 0.166. The Morgan fingerprint density at radius 2 is 2.07 bits per heavy atom. The summed E-state index contributed by atoms with van der Waals surface area (Å²) in [5.74, 6) is 0.354. The molecule has 0 atom stereocenters. The number of ether oxygens (including phenoxy) is 1. The summed E-state index contributed by atoms with van der Waals surface area (Å²) >= 11 is 0. The molecule has 0 unspecified atom stereocenters. The fourth-order valence-electron chi connectivity index (χ4n) is 1.02. The van der Waals surface area contributed by atoms with Crippen LogP contribution in [0.1, 0.15) is 10.4 Å². The Kier molecular flexibility index (Phi) is 3.17. The molecule has 0 aliphatic heterocycles. The Labute approximate surface area is 80.8 Å². The van der Waals surface area contributed by atoms with E-state index in [0.29, 0.717) is 17.6 Å². The van der Waals surface area contributed by atoms with Crippen molar-refractivity contribution in [1.29, 1.82) is 0 Å². The van der Waals surface area contributed by atoms with Crippen LogP contribution in [0.5, 0.6) is 5.75 Å². The lowest BCUT2D eigenvalue weighted by atomic mass is 10.2. The van der Waals surface area contributed by atoms with E-state index in [1.54, 1.807) is 6.07 Å². The van der Waals surface area contributed by atoms with E-state index in [2.05, 4.69) is 4.84 Å². The molecular weight excluding hydrogens is 186 g/mol. The van der Waals surface area contributed by atoms with Gasteiger partial charge in [0.05, 0.1) is 12.0 Å². The van der Waals surface area contributed by atoms with Crippen LogP contribution < -0.4 is 4.74 Å². The normalized spacial score (nSPS) is 9.29. The van der Waals surface area contributed by atoms with Crippen molar-refractivity contribution in [2.45, 2.75) is 0 Å². The van der Waals surface area contributed by atoms with Gasteiger partial charge in [-0.25, -0.2) is 4.84 Å². The number of carbonyl (C=O) groups excluding carboxylic acids is 1. The number of carbonyl (C=O) groups is 1. The Balaban J connectivity index is 3.21. The molecule has 74 valence electrons. The van der Waals surface area contributed by atoms with Crippen LogP contribution in [0.15, 0.2) is 18.2 Å². The second-order valence-corrected chi connectivity index (χ2v) is 2.49. The van der Waals surface area contributed by atoms with Crippen LogP contribution in [0.25, 0.3) is 0 Å². The van der Waals surface area contributed by atoms with Gasteiger partial charge in [-0.3, -0.25) is 4.79 Å². The smallest absolute Gasteiger partial charge is 0.358 e. The van der Waals surface area contributed by atoms with Gasteiger partial charge >= 0.3 is 5.69 Å². The Morgan fingerprint density at radius 1 is 1.36 bits per heavy atom. The minimum Gasteiger partial charge on any atom is -0.490 e. The SMILES string of the molecule is COc1ccc(C=O)cc1[N+](=O)OC. The molecule has 1 aromatic carbocycles. The van der Waals surface area contributed by atoms with Crippen molar-refractivity contribution in [1.82, 2.24) is 0 Å². The highest BCUT2D eigenvalue weighted by Crippen LogP contribution is 2.27. The maximum atomic E-state index is 11.2. The summed E-state index contributed by atoms with van der Waals surface area (Å²) in [6.45, 7) is 0. The average Bonchev–Trinajstić information content (AvgIpc) is 2.27. The summed E-state index contributed by atoms with van der Waals surface area (Å²) < 4.78 is 4.93. The maximum absolute atomic E-state index is 11.2. The molecule has 0 aromatic heterocycles. The number of aldehydes is 1. The van der Waals surface area contributed by atoms with E-state index in [4.69, 9.17) is 4.74 Å². The van der Waals surface area contributed by atoms with E-state index in [-0.39, 0.29) is 10.6 Å². The first-order valence-electron chi connectivity index (χ1n) is 3.87. The van der Waals surface area contributed by atoms with Gasteiger partial charge in [-0.05, 0) is 12.1 Å². The van der Waals surface area contributed by atoms with Gasteiger partial charge in [0, 0.05) is 11.6 Å². The molecule has 1 aromatic rings. The molecule has 0 aliphatic rings. The van der Waals surface area contributed by atoms with Crippen LogP contribution in [0, 0.1) is 4.91 Å². The zero-order chi connectivity index (χ0) is 10.6. The highest BCUT2D eigenvalue weighted by Gasteiger charge is 2.21. The first kappa shape index (κ1) is 10.2. The predicted octanol–water partition coefficient (Wildman–Crippen LogP) is 1.48. The molecule has 0 saturated carbocycles. The first-order chi connectivity index (χ1) is 6.72. The third-order valence-electron chi connectivity index (χ3n) is 1.70. The molecule has 5 nitrogen and oxygen atoms in total. The lowest BCUT2D eigenvalue weighted by Gasteiger charge is -1.99. The number of methoxy groups -OCH3 is 1.